The largest absolute Gasteiger partial charge is 0.327 e. The molecule has 0 saturated heterocycles. The van der Waals surface area contributed by atoms with Gasteiger partial charge in [-0.25, -0.2) is 4.98 Å². The molecule has 0 amide bonds. The Balaban J connectivity index is 2.18. The van der Waals surface area contributed by atoms with Gasteiger partial charge in [0, 0.05) is 6.54 Å². The topological polar surface area (TPSA) is 17.8 Å². The van der Waals surface area contributed by atoms with Crippen LogP contribution in [0.1, 0.15) is 18.7 Å². The maximum Gasteiger partial charge on any atom is 0.124 e. The Morgan fingerprint density at radius 2 is 2.12 bits per heavy atom. The molecule has 1 heterocycles. The van der Waals surface area contributed by atoms with Gasteiger partial charge in [0.15, 0.2) is 0 Å². The number of thioether (sulfide) groups is 1. The van der Waals surface area contributed by atoms with Crippen LogP contribution in [0.15, 0.2) is 24.3 Å². The molecule has 0 aliphatic heterocycles. The lowest BCUT2D eigenvalue weighted by Crippen LogP contribution is -2.02. The molecule has 0 radical (unpaired) electrons. The first-order valence-corrected chi connectivity index (χ1v) is 7.78. The Labute approximate surface area is 111 Å². The molecule has 1 aromatic heterocycles. The number of rotatable bonds is 6. The number of imidazole rings is 1. The normalized spacial score (nSPS) is 11.2. The van der Waals surface area contributed by atoms with Crippen LogP contribution in [-0.4, -0.2) is 21.6 Å². The van der Waals surface area contributed by atoms with E-state index in [1.165, 1.54) is 24.1 Å². The van der Waals surface area contributed by atoms with Gasteiger partial charge in [0.2, 0.25) is 0 Å². The first kappa shape index (κ1) is 12.8. The van der Waals surface area contributed by atoms with Crippen LogP contribution in [0.3, 0.4) is 0 Å². The number of unbranched alkanes of at least 4 members (excludes halogenated alkanes) is 1. The average Bonchev–Trinajstić information content (AvgIpc) is 2.73. The number of aryl methyl sites for hydroxylation is 1. The van der Waals surface area contributed by atoms with Crippen molar-refractivity contribution < 1.29 is 0 Å². The molecule has 2 rings (SSSR count). The quantitative estimate of drug-likeness (QED) is 0.584. The maximum absolute atomic E-state index is 5.96. The van der Waals surface area contributed by atoms with Gasteiger partial charge < -0.3 is 4.57 Å². The van der Waals surface area contributed by atoms with E-state index in [2.05, 4.69) is 27.9 Å². The zero-order valence-corrected chi connectivity index (χ0v) is 11.6. The van der Waals surface area contributed by atoms with Crippen molar-refractivity contribution in [2.75, 3.05) is 12.0 Å². The number of benzene rings is 1. The van der Waals surface area contributed by atoms with Crippen LogP contribution in [0.5, 0.6) is 0 Å². The molecule has 2 nitrogen and oxygen atoms in total. The summed E-state index contributed by atoms with van der Waals surface area (Å²) in [5.41, 5.74) is 2.25. The molecular weight excluding hydrogens is 252 g/mol. The van der Waals surface area contributed by atoms with Gasteiger partial charge in [-0.05, 0) is 37.0 Å². The number of fused-ring (bicyclic) bond motifs is 1. The molecule has 92 valence electrons. The van der Waals surface area contributed by atoms with Crippen molar-refractivity contribution in [3.8, 4) is 0 Å². The SMILES string of the molecule is CSCCCCn1c(CCl)nc2ccccc21. The molecule has 0 aliphatic carbocycles. The Hall–Kier alpha value is -0.670. The molecule has 0 saturated carbocycles. The lowest BCUT2D eigenvalue weighted by atomic mass is 10.3. The zero-order chi connectivity index (χ0) is 12.1. The Bertz CT molecular complexity index is 481. The van der Waals surface area contributed by atoms with E-state index >= 15 is 0 Å². The summed E-state index contributed by atoms with van der Waals surface area (Å²) >= 11 is 7.86. The van der Waals surface area contributed by atoms with Gasteiger partial charge in [-0.1, -0.05) is 12.1 Å². The first-order chi connectivity index (χ1) is 8.36. The van der Waals surface area contributed by atoms with Gasteiger partial charge in [0.1, 0.15) is 5.82 Å². The van der Waals surface area contributed by atoms with Crippen molar-refractivity contribution in [3.63, 3.8) is 0 Å². The fourth-order valence-corrected chi connectivity index (χ4v) is 2.69. The highest BCUT2D eigenvalue weighted by Crippen LogP contribution is 2.18. The smallest absolute Gasteiger partial charge is 0.124 e. The predicted molar refractivity (Wildman–Crippen MR) is 76.9 cm³/mol. The molecule has 0 aliphatic rings. The third-order valence-electron chi connectivity index (χ3n) is 2.83. The minimum Gasteiger partial charge on any atom is -0.327 e. The molecule has 1 aromatic carbocycles. The minimum atomic E-state index is 0.483. The standard InChI is InChI=1S/C13H17ClN2S/c1-17-9-5-4-8-16-12-7-3-2-6-11(12)15-13(16)10-14/h2-3,6-7H,4-5,8-10H2,1H3. The van der Waals surface area contributed by atoms with Crippen LogP contribution in [0, 0.1) is 0 Å². The number of nitrogens with zero attached hydrogens (tertiary/aromatic N) is 2. The minimum absolute atomic E-state index is 0.483. The predicted octanol–water partition coefficient (Wildman–Crippen LogP) is 3.92. The monoisotopic (exact) mass is 268 g/mol. The first-order valence-electron chi connectivity index (χ1n) is 5.86. The van der Waals surface area contributed by atoms with E-state index in [1.807, 2.05) is 23.9 Å². The molecule has 0 fully saturated rings. The van der Waals surface area contributed by atoms with Gasteiger partial charge >= 0.3 is 0 Å². The Morgan fingerprint density at radius 3 is 2.88 bits per heavy atom. The van der Waals surface area contributed by atoms with E-state index in [9.17, 15) is 0 Å². The molecule has 0 unspecified atom stereocenters. The molecular formula is C13H17ClN2S. The second-order valence-corrected chi connectivity index (χ2v) is 5.25. The molecule has 17 heavy (non-hydrogen) atoms. The van der Waals surface area contributed by atoms with Crippen molar-refractivity contribution in [3.05, 3.63) is 30.1 Å². The fourth-order valence-electron chi connectivity index (χ4n) is 1.99. The van der Waals surface area contributed by atoms with Gasteiger partial charge in [0.05, 0.1) is 16.9 Å². The summed E-state index contributed by atoms with van der Waals surface area (Å²) in [6.07, 6.45) is 4.58. The summed E-state index contributed by atoms with van der Waals surface area (Å²) in [7, 11) is 0. The number of aromatic nitrogens is 2. The number of para-hydroxylation sites is 2. The van der Waals surface area contributed by atoms with E-state index in [4.69, 9.17) is 11.6 Å². The van der Waals surface area contributed by atoms with Crippen LogP contribution in [0.25, 0.3) is 11.0 Å². The van der Waals surface area contributed by atoms with Gasteiger partial charge in [-0.3, -0.25) is 0 Å². The average molecular weight is 269 g/mol. The molecule has 2 aromatic rings. The fraction of sp³-hybridized carbons (Fsp3) is 0.462. The molecule has 0 bridgehead atoms. The van der Waals surface area contributed by atoms with Crippen LogP contribution in [0.2, 0.25) is 0 Å². The van der Waals surface area contributed by atoms with E-state index in [0.717, 1.165) is 17.9 Å². The summed E-state index contributed by atoms with van der Waals surface area (Å²) in [4.78, 5) is 4.56. The lowest BCUT2D eigenvalue weighted by molar-refractivity contribution is 0.631. The van der Waals surface area contributed by atoms with E-state index < -0.39 is 0 Å². The van der Waals surface area contributed by atoms with Gasteiger partial charge in [0.25, 0.3) is 0 Å². The van der Waals surface area contributed by atoms with Crippen LogP contribution >= 0.6 is 23.4 Å². The zero-order valence-electron chi connectivity index (χ0n) is 10.0. The molecule has 0 atom stereocenters. The summed E-state index contributed by atoms with van der Waals surface area (Å²) in [6.45, 7) is 1.02. The van der Waals surface area contributed by atoms with Crippen molar-refractivity contribution in [1.29, 1.82) is 0 Å². The van der Waals surface area contributed by atoms with Crippen molar-refractivity contribution in [1.82, 2.24) is 9.55 Å². The van der Waals surface area contributed by atoms with E-state index in [0.29, 0.717) is 5.88 Å². The van der Waals surface area contributed by atoms with Crippen molar-refractivity contribution >= 4 is 34.4 Å². The van der Waals surface area contributed by atoms with Gasteiger partial charge in [-0.2, -0.15) is 11.8 Å². The number of hydrogen-bond acceptors (Lipinski definition) is 2. The number of halogens is 1. The second-order valence-electron chi connectivity index (χ2n) is 4.00. The Morgan fingerprint density at radius 1 is 1.29 bits per heavy atom. The van der Waals surface area contributed by atoms with Crippen molar-refractivity contribution in [2.24, 2.45) is 0 Å². The number of alkyl halides is 1. The molecule has 0 N–H and O–H groups in total. The molecule has 4 heteroatoms. The third kappa shape index (κ3) is 2.96. The highest BCUT2D eigenvalue weighted by atomic mass is 35.5. The second kappa shape index (κ2) is 6.31. The summed E-state index contributed by atoms with van der Waals surface area (Å²) in [5, 5.41) is 0. The highest BCUT2D eigenvalue weighted by Gasteiger charge is 2.08. The van der Waals surface area contributed by atoms with E-state index in [1.54, 1.807) is 0 Å². The lowest BCUT2D eigenvalue weighted by Gasteiger charge is -2.07. The van der Waals surface area contributed by atoms with Gasteiger partial charge in [-0.15, -0.1) is 11.6 Å². The third-order valence-corrected chi connectivity index (χ3v) is 3.77. The van der Waals surface area contributed by atoms with Crippen LogP contribution in [0.4, 0.5) is 0 Å². The van der Waals surface area contributed by atoms with Crippen LogP contribution in [-0.2, 0) is 12.4 Å². The van der Waals surface area contributed by atoms with Crippen LogP contribution < -0.4 is 0 Å². The Kier molecular flexibility index (Phi) is 4.75. The summed E-state index contributed by atoms with van der Waals surface area (Å²) in [5.74, 6) is 2.69. The van der Waals surface area contributed by atoms with E-state index in [-0.39, 0.29) is 0 Å². The van der Waals surface area contributed by atoms with Crippen molar-refractivity contribution in [2.45, 2.75) is 25.3 Å². The molecule has 0 spiro atoms. The summed E-state index contributed by atoms with van der Waals surface area (Å²) < 4.78 is 2.25. The summed E-state index contributed by atoms with van der Waals surface area (Å²) in [6, 6.07) is 8.24. The number of hydrogen-bond donors (Lipinski definition) is 0. The maximum atomic E-state index is 5.96. The highest BCUT2D eigenvalue weighted by molar-refractivity contribution is 7.98.